The lowest BCUT2D eigenvalue weighted by Gasteiger charge is -2.46. The highest BCUT2D eigenvalue weighted by atomic mass is 15.2. The number of para-hydroxylation sites is 2. The number of fused-ring (bicyclic) bond motifs is 20. The molecular weight excluding hydrogens is 1470 g/mol. The summed E-state index contributed by atoms with van der Waals surface area (Å²) in [4.78, 5) is 5.16. The van der Waals surface area contributed by atoms with E-state index >= 15 is 0 Å². The van der Waals surface area contributed by atoms with E-state index in [4.69, 9.17) is 0 Å². The molecule has 5 heteroatoms. The lowest BCUT2D eigenvalue weighted by atomic mass is 9.33. The largest absolute Gasteiger partial charge is 0.310 e. The highest BCUT2D eigenvalue weighted by Crippen LogP contribution is 2.66. The lowest BCUT2D eigenvalue weighted by molar-refractivity contribution is 0.589. The molecule has 0 atom stereocenters. The monoisotopic (exact) mass is 1570 g/mol. The minimum atomic E-state index is -0.812. The predicted molar refractivity (Wildman–Crippen MR) is 512 cm³/mol. The van der Waals surface area contributed by atoms with Gasteiger partial charge in [-0.1, -0.05) is 366 Å². The first kappa shape index (κ1) is 65.6. The zero-order valence-corrected chi connectivity index (χ0v) is 69.6. The molecule has 0 saturated carbocycles. The van der Waals surface area contributed by atoms with Crippen LogP contribution in [0.1, 0.15) is 139 Å². The summed E-state index contributed by atoms with van der Waals surface area (Å²) in [7, 11) is 0. The van der Waals surface area contributed by atoms with E-state index in [0.29, 0.717) is 5.69 Å². The van der Waals surface area contributed by atoms with Gasteiger partial charge in [0.2, 0.25) is 0 Å². The molecule has 0 saturated heterocycles. The normalized spacial score (nSPS) is 14.6. The molecule has 4 nitrogen and oxygen atoms in total. The highest BCUT2D eigenvalue weighted by Gasteiger charge is 2.54. The van der Waals surface area contributed by atoms with Gasteiger partial charge in [0.25, 0.3) is 6.71 Å². The van der Waals surface area contributed by atoms with E-state index in [0.717, 1.165) is 123 Å². The minimum Gasteiger partial charge on any atom is -0.310 e. The van der Waals surface area contributed by atoms with Gasteiger partial charge in [-0.05, 0) is 222 Å². The maximum absolute atomic E-state index is 10.9. The number of hydrogen-bond donors (Lipinski definition) is 0. The summed E-state index contributed by atoms with van der Waals surface area (Å²) in [5.74, 6) is -0.207. The van der Waals surface area contributed by atoms with Gasteiger partial charge in [-0.3, -0.25) is 0 Å². The number of hydrogen-bond acceptors (Lipinski definition) is 3. The summed E-state index contributed by atoms with van der Waals surface area (Å²) in [6.45, 7) is 20.1. The molecule has 23 rings (SSSR count). The molecule has 580 valence electrons. The average molecular weight is 1570 g/mol. The number of aromatic nitrogens is 1. The summed E-state index contributed by atoms with van der Waals surface area (Å²) in [6, 6.07) is 121. The Morgan fingerprint density at radius 3 is 1.29 bits per heavy atom. The van der Waals surface area contributed by atoms with Crippen LogP contribution in [-0.2, 0) is 21.7 Å². The first-order valence-corrected chi connectivity index (χ1v) is 42.6. The number of rotatable bonds is 9. The van der Waals surface area contributed by atoms with E-state index in [1.807, 2.05) is 6.07 Å². The molecule has 18 aromatic rings. The molecule has 0 fully saturated rings. The molecule has 17 aromatic carbocycles. The first-order valence-electron chi connectivity index (χ1n) is 46.1. The summed E-state index contributed by atoms with van der Waals surface area (Å²) >= 11 is 0. The van der Waals surface area contributed by atoms with Gasteiger partial charge in [-0.15, -0.1) is 0 Å². The topological polar surface area (TPSA) is 35.2 Å². The molecule has 0 unspecified atom stereocenters. The second-order valence-electron chi connectivity index (χ2n) is 36.7. The standard InChI is InChI=1S/C117H89BN4/c1-114(2,3)79-54-57-90-95(66-79)96-67-80(115(4,5)6)55-58-91(96)109(90)77-53-59-101-105(63-77)121(112-84(73-32-14-10-15-33-73)45-31-46-85(112)74-34-16-11-17-35-74)107-64-78(83-44-30-47-92-88-42-24-28-50-100(88)117(110(83)92)98-48-26-22-40-86(98)87-41-23-27-49-99(87)117)65-108-111(107)118(101)102-60-56-82(120-103-51-29-25-43-89(103)97-62-72(71-119)52-61-104(97)120)70-106(102)122(108)113-93(75-36-18-12-19-37-75)68-81(116(7,8)9)69-94(113)76-38-20-13-21-39-76/h10-70,109H,1-9H3/i25D,29D,43D,51D,52D,61D,62D. The minimum absolute atomic E-state index is 0.0124. The van der Waals surface area contributed by atoms with Crippen LogP contribution in [0.15, 0.2) is 370 Å². The van der Waals surface area contributed by atoms with Gasteiger partial charge >= 0.3 is 0 Å². The summed E-state index contributed by atoms with van der Waals surface area (Å²) < 4.78 is 70.2. The third-order valence-electron chi connectivity index (χ3n) is 26.8. The Labute approximate surface area is 725 Å². The molecule has 1 spiro atoms. The fraction of sp³-hybridized carbons (Fsp3) is 0.120. The summed E-state index contributed by atoms with van der Waals surface area (Å²) in [6.07, 6.45) is 0. The van der Waals surface area contributed by atoms with Crippen molar-refractivity contribution in [3.05, 3.63) is 431 Å². The van der Waals surface area contributed by atoms with Crippen molar-refractivity contribution in [2.45, 2.75) is 89.9 Å². The van der Waals surface area contributed by atoms with Gasteiger partial charge in [-0.2, -0.15) is 5.26 Å². The maximum Gasteiger partial charge on any atom is 0.252 e. The van der Waals surface area contributed by atoms with Crippen molar-refractivity contribution in [2.75, 3.05) is 9.80 Å². The van der Waals surface area contributed by atoms with Crippen LogP contribution in [-0.4, -0.2) is 11.3 Å². The number of nitrogens with zero attached hydrogens (tertiary/aromatic N) is 4. The van der Waals surface area contributed by atoms with Gasteiger partial charge in [-0.25, -0.2) is 0 Å². The van der Waals surface area contributed by atoms with Crippen molar-refractivity contribution in [1.82, 2.24) is 4.57 Å². The molecule has 0 radical (unpaired) electrons. The van der Waals surface area contributed by atoms with Gasteiger partial charge < -0.3 is 14.4 Å². The quantitative estimate of drug-likeness (QED) is 0.135. The van der Waals surface area contributed by atoms with E-state index in [9.17, 15) is 14.9 Å². The van der Waals surface area contributed by atoms with Crippen LogP contribution < -0.4 is 26.2 Å². The Morgan fingerprint density at radius 2 is 0.770 bits per heavy atom. The van der Waals surface area contributed by atoms with Gasteiger partial charge in [0.1, 0.15) is 0 Å². The Bertz CT molecular complexity index is 7680. The van der Waals surface area contributed by atoms with Gasteiger partial charge in [0.05, 0.1) is 49.1 Å². The fourth-order valence-corrected chi connectivity index (χ4v) is 21.2. The third-order valence-corrected chi connectivity index (χ3v) is 26.8. The van der Waals surface area contributed by atoms with E-state index in [1.165, 1.54) is 72.3 Å². The summed E-state index contributed by atoms with van der Waals surface area (Å²) in [5.41, 5.74) is 36.2. The van der Waals surface area contributed by atoms with Crippen LogP contribution in [0.2, 0.25) is 0 Å². The van der Waals surface area contributed by atoms with Crippen molar-refractivity contribution in [2.24, 2.45) is 0 Å². The van der Waals surface area contributed by atoms with E-state index < -0.39 is 54.4 Å². The zero-order valence-electron chi connectivity index (χ0n) is 76.6. The van der Waals surface area contributed by atoms with Crippen molar-refractivity contribution >= 4 is 79.0 Å². The second kappa shape index (κ2) is 27.1. The fourth-order valence-electron chi connectivity index (χ4n) is 21.2. The molecule has 0 N–H and O–H groups in total. The molecule has 0 bridgehead atoms. The molecule has 2 aliphatic heterocycles. The van der Waals surface area contributed by atoms with Crippen molar-refractivity contribution in [3.63, 3.8) is 0 Å². The number of nitriles is 1. The SMILES string of the molecule is [2H]c1c([2H])c([2H])c2c(c1[2H])c1c([2H])c(C#N)c([2H])c([2H])c1n2-c1ccc2c(c1)N(c1c(-c3ccccc3)cc(C(C)(C)C)cc1-c1ccccc1)c1cc(-c3cccc4c3C3(c5ccccc5-c5ccccc53)c3ccccc3-4)cc3c1B2c1ccc(C2c4ccc(C(C)(C)C)cc4-c4cc(C(C)(C)C)ccc42)cc1N3c1c(-c2ccccc2)cccc1-c1ccccc1. The Morgan fingerprint density at radius 1 is 0.344 bits per heavy atom. The maximum atomic E-state index is 10.9. The van der Waals surface area contributed by atoms with Crippen LogP contribution in [0, 0.1) is 11.3 Å². The Balaban J connectivity index is 0.932. The predicted octanol–water partition coefficient (Wildman–Crippen LogP) is 28.5. The highest BCUT2D eigenvalue weighted by molar-refractivity contribution is 7.00. The average Bonchev–Trinajstić information content (AvgIpc) is 1.49. The smallest absolute Gasteiger partial charge is 0.252 e. The molecule has 3 heterocycles. The zero-order chi connectivity index (χ0) is 88.5. The number of anilines is 6. The molecule has 5 aliphatic rings. The van der Waals surface area contributed by atoms with E-state index in [2.05, 4.69) is 400 Å². The van der Waals surface area contributed by atoms with Gasteiger partial charge in [0, 0.05) is 67.4 Å². The Kier molecular flexibility index (Phi) is 14.6. The van der Waals surface area contributed by atoms with Crippen molar-refractivity contribution in [1.29, 1.82) is 5.26 Å². The van der Waals surface area contributed by atoms with Crippen LogP contribution in [0.25, 0.3) is 117 Å². The van der Waals surface area contributed by atoms with E-state index in [-0.39, 0.29) is 49.5 Å². The second-order valence-corrected chi connectivity index (χ2v) is 36.7. The van der Waals surface area contributed by atoms with Crippen LogP contribution >= 0.6 is 0 Å². The molecule has 3 aliphatic carbocycles. The first-order chi connectivity index (χ1) is 62.3. The molecule has 1 aromatic heterocycles. The van der Waals surface area contributed by atoms with Gasteiger partial charge in [0.15, 0.2) is 0 Å². The van der Waals surface area contributed by atoms with Crippen LogP contribution in [0.5, 0.6) is 0 Å². The van der Waals surface area contributed by atoms with E-state index in [1.54, 1.807) is 4.57 Å². The lowest BCUT2D eigenvalue weighted by Crippen LogP contribution is -2.61. The number of benzene rings is 17. The molecule has 122 heavy (non-hydrogen) atoms. The van der Waals surface area contributed by atoms with Crippen molar-refractivity contribution in [3.8, 4) is 101 Å². The summed E-state index contributed by atoms with van der Waals surface area (Å²) in [5, 5.41) is 10.8. The Hall–Kier alpha value is -14.3. The van der Waals surface area contributed by atoms with Crippen LogP contribution in [0.3, 0.4) is 0 Å². The molecule has 0 amide bonds. The van der Waals surface area contributed by atoms with Crippen molar-refractivity contribution < 1.29 is 9.60 Å². The third kappa shape index (κ3) is 10.9. The van der Waals surface area contributed by atoms with Crippen LogP contribution in [0.4, 0.5) is 34.1 Å². The molecular formula is C117H89BN4.